The molecule has 0 aromatic rings. The summed E-state index contributed by atoms with van der Waals surface area (Å²) in [5.74, 6) is 2.59. The molecule has 1 fully saturated rings. The highest BCUT2D eigenvalue weighted by Gasteiger charge is 2.12. The van der Waals surface area contributed by atoms with Crippen molar-refractivity contribution < 1.29 is 4.79 Å². The van der Waals surface area contributed by atoms with E-state index >= 15 is 0 Å². The summed E-state index contributed by atoms with van der Waals surface area (Å²) in [6.07, 6.45) is 3.70. The average Bonchev–Trinajstić information content (AvgIpc) is 2.48. The van der Waals surface area contributed by atoms with E-state index in [1.54, 1.807) is 11.8 Å². The van der Waals surface area contributed by atoms with Crippen LogP contribution in [-0.4, -0.2) is 61.6 Å². The molecule has 0 saturated carbocycles. The van der Waals surface area contributed by atoms with Crippen LogP contribution in [0.25, 0.3) is 0 Å². The monoisotopic (exact) mass is 301 g/mol. The molecular formula is C15H31N3OS. The molecule has 4 nitrogen and oxygen atoms in total. The molecule has 0 aromatic carbocycles. The minimum Gasteiger partial charge on any atom is -0.355 e. The van der Waals surface area contributed by atoms with Crippen molar-refractivity contribution in [3.8, 4) is 0 Å². The normalized spacial score (nSPS) is 19.2. The lowest BCUT2D eigenvalue weighted by molar-refractivity contribution is -0.118. The van der Waals surface area contributed by atoms with Gasteiger partial charge in [0.15, 0.2) is 0 Å². The van der Waals surface area contributed by atoms with E-state index in [0.29, 0.717) is 5.75 Å². The molecular weight excluding hydrogens is 270 g/mol. The maximum Gasteiger partial charge on any atom is 0.229 e. The Hall–Kier alpha value is -0.260. The number of nitrogens with one attached hydrogen (secondary N) is 2. The van der Waals surface area contributed by atoms with Gasteiger partial charge in [0, 0.05) is 18.8 Å². The van der Waals surface area contributed by atoms with Crippen LogP contribution in [0.5, 0.6) is 0 Å². The summed E-state index contributed by atoms with van der Waals surface area (Å²) >= 11 is 1.74. The largest absolute Gasteiger partial charge is 0.355 e. The van der Waals surface area contributed by atoms with Crippen molar-refractivity contribution in [3.05, 3.63) is 0 Å². The van der Waals surface area contributed by atoms with Gasteiger partial charge in [-0.15, -0.1) is 0 Å². The van der Waals surface area contributed by atoms with Crippen LogP contribution in [0.2, 0.25) is 0 Å². The zero-order valence-electron chi connectivity index (χ0n) is 13.1. The fourth-order valence-electron chi connectivity index (χ4n) is 2.54. The Morgan fingerprint density at radius 2 is 2.20 bits per heavy atom. The van der Waals surface area contributed by atoms with E-state index in [1.165, 1.54) is 12.8 Å². The molecule has 0 bridgehead atoms. The number of hydrogen-bond acceptors (Lipinski definition) is 4. The molecule has 20 heavy (non-hydrogen) atoms. The molecule has 1 saturated heterocycles. The molecule has 1 unspecified atom stereocenters. The number of piperidine rings is 1. The molecule has 1 atom stereocenters. The van der Waals surface area contributed by atoms with Gasteiger partial charge in [-0.1, -0.05) is 13.8 Å². The molecule has 0 radical (unpaired) electrons. The molecule has 2 N–H and O–H groups in total. The summed E-state index contributed by atoms with van der Waals surface area (Å²) in [5.41, 5.74) is 0. The van der Waals surface area contributed by atoms with Gasteiger partial charge in [0.05, 0.1) is 5.75 Å². The summed E-state index contributed by atoms with van der Waals surface area (Å²) in [5, 5.41) is 6.46. The van der Waals surface area contributed by atoms with Gasteiger partial charge in [0.2, 0.25) is 5.91 Å². The van der Waals surface area contributed by atoms with E-state index in [-0.39, 0.29) is 5.91 Å². The van der Waals surface area contributed by atoms with Gasteiger partial charge in [-0.25, -0.2) is 0 Å². The van der Waals surface area contributed by atoms with Gasteiger partial charge in [0.1, 0.15) is 0 Å². The molecule has 1 aliphatic heterocycles. The number of carbonyl (C=O) groups is 1. The fraction of sp³-hybridized carbons (Fsp3) is 0.933. The Labute approximate surface area is 128 Å². The van der Waals surface area contributed by atoms with E-state index < -0.39 is 0 Å². The van der Waals surface area contributed by atoms with Crippen LogP contribution in [0.1, 0.15) is 33.1 Å². The van der Waals surface area contributed by atoms with Crippen LogP contribution in [0.4, 0.5) is 0 Å². The highest BCUT2D eigenvalue weighted by Crippen LogP contribution is 2.12. The van der Waals surface area contributed by atoms with Crippen LogP contribution in [0.15, 0.2) is 0 Å². The standard InChI is InChI=1S/C15H31N3OS/c1-3-18(4-2)10-11-20-13-15(19)17-9-7-14-6-5-8-16-12-14/h14,16H,3-13H2,1-2H3,(H,17,19). The third-order valence-corrected chi connectivity index (χ3v) is 4.89. The zero-order valence-corrected chi connectivity index (χ0v) is 13.9. The minimum absolute atomic E-state index is 0.193. The van der Waals surface area contributed by atoms with Crippen molar-refractivity contribution in [1.29, 1.82) is 0 Å². The van der Waals surface area contributed by atoms with Gasteiger partial charge in [-0.3, -0.25) is 4.79 Å². The van der Waals surface area contributed by atoms with Crippen LogP contribution < -0.4 is 10.6 Å². The van der Waals surface area contributed by atoms with Gasteiger partial charge >= 0.3 is 0 Å². The molecule has 5 heteroatoms. The third kappa shape index (κ3) is 8.12. The predicted octanol–water partition coefficient (Wildman–Crippen LogP) is 1.57. The number of thioether (sulfide) groups is 1. The quantitative estimate of drug-likeness (QED) is 0.601. The summed E-state index contributed by atoms with van der Waals surface area (Å²) in [6, 6.07) is 0. The molecule has 1 aliphatic rings. The van der Waals surface area contributed by atoms with Crippen LogP contribution in [0.3, 0.4) is 0 Å². The number of nitrogens with zero attached hydrogens (tertiary/aromatic N) is 1. The Bertz CT molecular complexity index is 254. The molecule has 0 aliphatic carbocycles. The molecule has 1 heterocycles. The summed E-state index contributed by atoms with van der Waals surface area (Å²) in [4.78, 5) is 14.1. The lowest BCUT2D eigenvalue weighted by Crippen LogP contribution is -2.33. The lowest BCUT2D eigenvalue weighted by Gasteiger charge is -2.22. The number of rotatable bonds is 10. The SMILES string of the molecule is CCN(CC)CCSCC(=O)NCCC1CCCNC1. The van der Waals surface area contributed by atoms with Crippen LogP contribution in [-0.2, 0) is 4.79 Å². The highest BCUT2D eigenvalue weighted by molar-refractivity contribution is 7.99. The van der Waals surface area contributed by atoms with Gasteiger partial charge in [-0.05, 0) is 51.4 Å². The Balaban J connectivity index is 1.94. The second-order valence-corrected chi connectivity index (χ2v) is 6.54. The predicted molar refractivity (Wildman–Crippen MR) is 88.3 cm³/mol. The maximum absolute atomic E-state index is 11.7. The first kappa shape index (κ1) is 17.8. The van der Waals surface area contributed by atoms with E-state index in [9.17, 15) is 4.79 Å². The smallest absolute Gasteiger partial charge is 0.229 e. The molecule has 1 rings (SSSR count). The van der Waals surface area contributed by atoms with Gasteiger partial charge in [0.25, 0.3) is 0 Å². The summed E-state index contributed by atoms with van der Waals surface area (Å²) in [6.45, 7) is 10.8. The molecule has 118 valence electrons. The zero-order chi connectivity index (χ0) is 14.6. The topological polar surface area (TPSA) is 44.4 Å². The van der Waals surface area contributed by atoms with E-state index in [4.69, 9.17) is 0 Å². The van der Waals surface area contributed by atoms with Crippen molar-refractivity contribution in [3.63, 3.8) is 0 Å². The lowest BCUT2D eigenvalue weighted by atomic mass is 9.96. The first-order valence-corrected chi connectivity index (χ1v) is 9.19. The van der Waals surface area contributed by atoms with Crippen LogP contribution >= 0.6 is 11.8 Å². The van der Waals surface area contributed by atoms with E-state index in [0.717, 1.165) is 57.4 Å². The second-order valence-electron chi connectivity index (χ2n) is 5.43. The fourth-order valence-corrected chi connectivity index (χ4v) is 3.35. The van der Waals surface area contributed by atoms with Crippen molar-refractivity contribution in [1.82, 2.24) is 15.5 Å². The van der Waals surface area contributed by atoms with E-state index in [1.807, 2.05) is 0 Å². The molecule has 0 aromatic heterocycles. The number of carbonyl (C=O) groups excluding carboxylic acids is 1. The number of amides is 1. The molecule has 0 spiro atoms. The van der Waals surface area contributed by atoms with Crippen molar-refractivity contribution in [2.24, 2.45) is 5.92 Å². The van der Waals surface area contributed by atoms with E-state index in [2.05, 4.69) is 29.4 Å². The van der Waals surface area contributed by atoms with Crippen molar-refractivity contribution >= 4 is 17.7 Å². The van der Waals surface area contributed by atoms with Crippen LogP contribution in [0, 0.1) is 5.92 Å². The summed E-state index contributed by atoms with van der Waals surface area (Å²) < 4.78 is 0. The summed E-state index contributed by atoms with van der Waals surface area (Å²) in [7, 11) is 0. The Morgan fingerprint density at radius 1 is 1.40 bits per heavy atom. The van der Waals surface area contributed by atoms with Gasteiger partial charge in [-0.2, -0.15) is 11.8 Å². The average molecular weight is 302 g/mol. The second kappa shape index (κ2) is 11.4. The minimum atomic E-state index is 0.193. The Morgan fingerprint density at radius 3 is 2.85 bits per heavy atom. The maximum atomic E-state index is 11.7. The molecule has 1 amide bonds. The van der Waals surface area contributed by atoms with Gasteiger partial charge < -0.3 is 15.5 Å². The first-order chi connectivity index (χ1) is 9.76. The third-order valence-electron chi connectivity index (χ3n) is 3.95. The van der Waals surface area contributed by atoms with Crippen molar-refractivity contribution in [2.45, 2.75) is 33.1 Å². The highest BCUT2D eigenvalue weighted by atomic mass is 32.2. The van der Waals surface area contributed by atoms with Crippen molar-refractivity contribution in [2.75, 3.05) is 50.8 Å². The number of hydrogen-bond donors (Lipinski definition) is 2. The Kier molecular flexibility index (Phi) is 10.1. The first-order valence-electron chi connectivity index (χ1n) is 8.03.